The molecule has 2 rings (SSSR count). The predicted molar refractivity (Wildman–Crippen MR) is 65.4 cm³/mol. The number of esters is 1. The van der Waals surface area contributed by atoms with Gasteiger partial charge in [-0.25, -0.2) is 14.5 Å². The number of hydrogen-bond donors (Lipinski definition) is 0. The van der Waals surface area contributed by atoms with E-state index in [0.29, 0.717) is 0 Å². The van der Waals surface area contributed by atoms with E-state index in [1.807, 2.05) is 0 Å². The van der Waals surface area contributed by atoms with Crippen LogP contribution < -0.4 is 0 Å². The Hall–Kier alpha value is -0.830. The highest BCUT2D eigenvalue weighted by atomic mass is 127. The third-order valence-corrected chi connectivity index (χ3v) is 4.29. The molecule has 0 saturated carbocycles. The molecule has 3 unspecified atom stereocenters. The van der Waals surface area contributed by atoms with Crippen LogP contribution in [-0.4, -0.2) is 47.4 Å². The van der Waals surface area contributed by atoms with Crippen LogP contribution >= 0.6 is 22.6 Å². The van der Waals surface area contributed by atoms with E-state index in [4.69, 9.17) is 9.47 Å². The van der Waals surface area contributed by atoms with E-state index in [0.717, 1.165) is 0 Å². The van der Waals surface area contributed by atoms with Gasteiger partial charge in [0.05, 0.1) is 11.0 Å². The molecule has 0 radical (unpaired) electrons. The van der Waals surface area contributed by atoms with Crippen molar-refractivity contribution in [1.82, 2.24) is 4.90 Å². The van der Waals surface area contributed by atoms with Gasteiger partial charge in [-0.05, 0) is 0 Å². The highest BCUT2D eigenvalue weighted by Gasteiger charge is 2.49. The van der Waals surface area contributed by atoms with E-state index in [-0.39, 0.29) is 9.84 Å². The summed E-state index contributed by atoms with van der Waals surface area (Å²) in [4.78, 5) is 24.4. The molecule has 2 aliphatic heterocycles. The van der Waals surface area contributed by atoms with Crippen molar-refractivity contribution in [3.8, 4) is 0 Å². The Labute approximate surface area is 112 Å². The SMILES string of the molecule is COC(=O)N1C=CC2C(OC)C(=O)OC1[C@H]2I. The fourth-order valence-electron chi connectivity index (χ4n) is 1.98. The fraction of sp³-hybridized carbons (Fsp3) is 0.600. The van der Waals surface area contributed by atoms with E-state index >= 15 is 0 Å². The van der Waals surface area contributed by atoms with E-state index in [1.165, 1.54) is 19.1 Å². The molecule has 6 nitrogen and oxygen atoms in total. The maximum Gasteiger partial charge on any atom is 0.416 e. The standard InChI is InChI=1S/C10H12INO5/c1-15-7-5-3-4-12(10(14)16-2)8(6(5)11)17-9(7)13/h3-8H,1-2H3/t5?,6-,7?,8?/m0/s1. The number of fused-ring (bicyclic) bond motifs is 2. The number of nitrogens with zero attached hydrogens (tertiary/aromatic N) is 1. The van der Waals surface area contributed by atoms with Crippen molar-refractivity contribution in [2.24, 2.45) is 5.92 Å². The van der Waals surface area contributed by atoms with E-state index in [1.54, 1.807) is 12.3 Å². The van der Waals surface area contributed by atoms with Gasteiger partial charge in [-0.2, -0.15) is 0 Å². The monoisotopic (exact) mass is 353 g/mol. The van der Waals surface area contributed by atoms with Crippen LogP contribution in [0, 0.1) is 5.92 Å². The average Bonchev–Trinajstić information content (AvgIpc) is 2.31. The Bertz CT molecular complexity index is 372. The molecule has 0 aromatic heterocycles. The molecule has 1 amide bonds. The normalized spacial score (nSPS) is 35.5. The van der Waals surface area contributed by atoms with Crippen molar-refractivity contribution in [3.05, 3.63) is 12.3 Å². The summed E-state index contributed by atoms with van der Waals surface area (Å²) in [6, 6.07) is 0. The van der Waals surface area contributed by atoms with Gasteiger partial charge in [-0.1, -0.05) is 28.7 Å². The number of halogens is 1. The molecule has 7 heteroatoms. The largest absolute Gasteiger partial charge is 0.452 e. The molecular weight excluding hydrogens is 341 g/mol. The lowest BCUT2D eigenvalue weighted by molar-refractivity contribution is -0.181. The highest BCUT2D eigenvalue weighted by molar-refractivity contribution is 14.1. The van der Waals surface area contributed by atoms with Crippen LogP contribution in [0.4, 0.5) is 4.79 Å². The Balaban J connectivity index is 2.29. The third-order valence-electron chi connectivity index (χ3n) is 2.84. The minimum Gasteiger partial charge on any atom is -0.452 e. The molecule has 1 saturated heterocycles. The summed E-state index contributed by atoms with van der Waals surface area (Å²) < 4.78 is 14.9. The Morgan fingerprint density at radius 3 is 2.82 bits per heavy atom. The molecule has 4 atom stereocenters. The summed E-state index contributed by atoms with van der Waals surface area (Å²) in [5.74, 6) is -0.540. The van der Waals surface area contributed by atoms with E-state index < -0.39 is 24.4 Å². The van der Waals surface area contributed by atoms with Gasteiger partial charge in [0.25, 0.3) is 0 Å². The summed E-state index contributed by atoms with van der Waals surface area (Å²) in [6.45, 7) is 0. The first-order chi connectivity index (χ1) is 8.10. The molecule has 2 aliphatic rings. The Morgan fingerprint density at radius 2 is 2.24 bits per heavy atom. The second-order valence-corrected chi connectivity index (χ2v) is 5.16. The molecule has 1 fully saturated rings. The summed E-state index contributed by atoms with van der Waals surface area (Å²) in [5.41, 5.74) is 0. The molecule has 0 aromatic carbocycles. The predicted octanol–water partition coefficient (Wildman–Crippen LogP) is 0.900. The van der Waals surface area contributed by atoms with Gasteiger partial charge in [0.1, 0.15) is 0 Å². The number of carbonyl (C=O) groups is 2. The number of carbonyl (C=O) groups excluding carboxylic acids is 2. The molecule has 94 valence electrons. The zero-order chi connectivity index (χ0) is 12.6. The molecule has 0 aromatic rings. The Morgan fingerprint density at radius 1 is 1.53 bits per heavy atom. The van der Waals surface area contributed by atoms with Crippen LogP contribution in [-0.2, 0) is 19.0 Å². The van der Waals surface area contributed by atoms with Gasteiger partial charge in [-0.15, -0.1) is 0 Å². The maximum absolute atomic E-state index is 11.7. The smallest absolute Gasteiger partial charge is 0.416 e. The fourth-order valence-corrected chi connectivity index (χ4v) is 3.09. The van der Waals surface area contributed by atoms with Crippen molar-refractivity contribution in [2.75, 3.05) is 14.2 Å². The quantitative estimate of drug-likeness (QED) is 0.398. The number of alkyl halides is 1. The van der Waals surface area contributed by atoms with Gasteiger partial charge in [-0.3, -0.25) is 0 Å². The second kappa shape index (κ2) is 4.81. The second-order valence-electron chi connectivity index (χ2n) is 3.72. The molecule has 17 heavy (non-hydrogen) atoms. The lowest BCUT2D eigenvalue weighted by Crippen LogP contribution is -2.58. The van der Waals surface area contributed by atoms with Crippen molar-refractivity contribution in [1.29, 1.82) is 0 Å². The van der Waals surface area contributed by atoms with Crippen LogP contribution in [0.5, 0.6) is 0 Å². The number of amides is 1. The lowest BCUT2D eigenvalue weighted by atomic mass is 9.92. The molecule has 0 aliphatic carbocycles. The molecule has 0 N–H and O–H groups in total. The maximum atomic E-state index is 11.7. The van der Waals surface area contributed by atoms with Crippen LogP contribution in [0.1, 0.15) is 0 Å². The summed E-state index contributed by atoms with van der Waals surface area (Å²) in [5, 5.41) is 0. The Kier molecular flexibility index (Phi) is 3.57. The van der Waals surface area contributed by atoms with Gasteiger partial charge in [0.15, 0.2) is 12.3 Å². The van der Waals surface area contributed by atoms with Gasteiger partial charge in [0, 0.05) is 19.2 Å². The van der Waals surface area contributed by atoms with E-state index in [9.17, 15) is 9.59 Å². The third kappa shape index (κ3) is 2.01. The molecular formula is C10H12INO5. The molecule has 2 bridgehead atoms. The molecule has 2 heterocycles. The van der Waals surface area contributed by atoms with Gasteiger partial charge in [0.2, 0.25) is 0 Å². The van der Waals surface area contributed by atoms with Crippen LogP contribution in [0.2, 0.25) is 0 Å². The number of rotatable bonds is 1. The first-order valence-corrected chi connectivity index (χ1v) is 6.26. The molecule has 0 spiro atoms. The number of ether oxygens (including phenoxy) is 3. The van der Waals surface area contributed by atoms with Crippen LogP contribution in [0.3, 0.4) is 0 Å². The topological polar surface area (TPSA) is 65.1 Å². The van der Waals surface area contributed by atoms with Gasteiger partial charge >= 0.3 is 12.1 Å². The number of hydrogen-bond acceptors (Lipinski definition) is 5. The average molecular weight is 353 g/mol. The van der Waals surface area contributed by atoms with Crippen LogP contribution in [0.15, 0.2) is 12.3 Å². The minimum absolute atomic E-state index is 0.0562. The van der Waals surface area contributed by atoms with Crippen molar-refractivity contribution < 1.29 is 23.8 Å². The van der Waals surface area contributed by atoms with Crippen molar-refractivity contribution >= 4 is 34.7 Å². The summed E-state index contributed by atoms with van der Waals surface area (Å²) in [6.07, 6.45) is 1.57. The van der Waals surface area contributed by atoms with E-state index in [2.05, 4.69) is 27.3 Å². The minimum atomic E-state index is -0.628. The van der Waals surface area contributed by atoms with Crippen molar-refractivity contribution in [3.63, 3.8) is 0 Å². The lowest BCUT2D eigenvalue weighted by Gasteiger charge is -2.43. The zero-order valence-electron chi connectivity index (χ0n) is 9.33. The summed E-state index contributed by atoms with van der Waals surface area (Å²) >= 11 is 2.15. The van der Waals surface area contributed by atoms with Crippen LogP contribution in [0.25, 0.3) is 0 Å². The highest BCUT2D eigenvalue weighted by Crippen LogP contribution is 2.36. The zero-order valence-corrected chi connectivity index (χ0v) is 11.5. The first kappa shape index (κ1) is 12.6. The van der Waals surface area contributed by atoms with Crippen molar-refractivity contribution in [2.45, 2.75) is 16.3 Å². The first-order valence-electron chi connectivity index (χ1n) is 5.02. The van der Waals surface area contributed by atoms with Gasteiger partial charge < -0.3 is 14.2 Å². The number of methoxy groups -OCH3 is 2. The summed E-state index contributed by atoms with van der Waals surface area (Å²) in [7, 11) is 2.75.